The van der Waals surface area contributed by atoms with Crippen LogP contribution in [0.1, 0.15) is 149 Å². The van der Waals surface area contributed by atoms with Crippen LogP contribution in [0, 0.1) is 81.9 Å². The standard InChI is InChI=1S/C24H35F3N2O4S2.C22H33F3N2O3S2.C19H26F3N3O3S/c1-15(30)28-7-8-35(32,33)29-19-5-6-20(29)11-16(10-19)18(14-34(31)24(2,3)4)9-17-12-22(26)23(27)13-21(17)25;1-22(2,3)31(28)13-16(8-15-11-20(24)21(25)12-19(15)23)14-9-17-4-5-18(10-14)27(17)32(29,30)7-6-26;1-11(26)24-4-5-29(27,28)25-14-2-3-15(25)7-13(6-14)19(23)9-12-8-17(21)18(22)10-16(12)20/h12-13,16,18-20H,5-11,14H2,1-4H3,(H,28,30);11-12,14,16-18H,4-10,13,26H2,1-3H3;8,10,13-15,19H,2-7,9,23H2,1H3,(H,24,26)/t16?,18-,19-,20+,34-;14?,16-,17-,18+,31-;13?,14-,15+,19-/m110/s1. The number of nitrogens with one attached hydrogen (secondary N) is 2. The normalized spacial score (nSPS) is 25.6. The lowest BCUT2D eigenvalue weighted by Gasteiger charge is -2.41. The van der Waals surface area contributed by atoms with E-state index in [-0.39, 0.29) is 156 Å². The Labute approximate surface area is 565 Å². The molecular formula is C65H94F9N7O10S5. The summed E-state index contributed by atoms with van der Waals surface area (Å²) in [7, 11) is -13.0. The van der Waals surface area contributed by atoms with Crippen LogP contribution in [0.2, 0.25) is 0 Å². The maximum absolute atomic E-state index is 14.5. The first-order valence-corrected chi connectivity index (χ1v) is 40.2. The SMILES string of the molecule is CC(=O)NCCS(=O)(=O)N1[C@@H]2CC[C@H]1CC([C@@H](N)Cc1cc(F)c(F)cc1F)C2.CC(=O)NCCS(=O)(=O)N1[C@@H]2CC[C@H]1CC([C@H](Cc1cc(F)c(F)cc1F)C[S@@](=O)C(C)(C)C)C2.CC(C)(C)[S@](=O)C[C@@H](Cc1cc(F)c(F)cc1F)C1C[C@H]2CC[C@@H](C1)N2S(=O)(=O)CCN. The number of halogens is 9. The molecule has 6 saturated heterocycles. The van der Waals surface area contributed by atoms with Crippen LogP contribution in [-0.2, 0) is 80.5 Å². The number of nitrogens with two attached hydrogens (primary N) is 2. The first-order chi connectivity index (χ1) is 44.6. The molecule has 6 heterocycles. The average molecular weight is 1460 g/mol. The van der Waals surface area contributed by atoms with E-state index in [0.717, 1.165) is 43.9 Å². The van der Waals surface area contributed by atoms with Crippen molar-refractivity contribution in [2.45, 2.75) is 203 Å². The number of rotatable bonds is 24. The average Bonchev–Trinajstić information content (AvgIpc) is 1.59. The lowest BCUT2D eigenvalue weighted by Crippen LogP contribution is -2.51. The Hall–Kier alpha value is -4.08. The van der Waals surface area contributed by atoms with Crippen LogP contribution >= 0.6 is 0 Å². The van der Waals surface area contributed by atoms with E-state index >= 15 is 0 Å². The predicted octanol–water partition coefficient (Wildman–Crippen LogP) is 8.54. The number of hydrogen-bond acceptors (Lipinski definition) is 12. The van der Waals surface area contributed by atoms with Gasteiger partial charge in [0.15, 0.2) is 34.9 Å². The van der Waals surface area contributed by atoms with Gasteiger partial charge in [0.25, 0.3) is 0 Å². The van der Waals surface area contributed by atoms with Gasteiger partial charge in [-0.2, -0.15) is 12.9 Å². The Kier molecular flexibility index (Phi) is 27.0. The van der Waals surface area contributed by atoms with Crippen molar-refractivity contribution in [2.24, 2.45) is 41.1 Å². The summed E-state index contributed by atoms with van der Waals surface area (Å²) in [6.07, 6.45) is 7.97. The topological polar surface area (TPSA) is 257 Å². The van der Waals surface area contributed by atoms with Crippen molar-refractivity contribution >= 4 is 63.5 Å². The summed E-state index contributed by atoms with van der Waals surface area (Å²) in [5.41, 5.74) is 11.9. The molecule has 6 fully saturated rings. The highest BCUT2D eigenvalue weighted by molar-refractivity contribution is 7.89. The van der Waals surface area contributed by atoms with E-state index in [0.29, 0.717) is 75.3 Å². The Morgan fingerprint density at radius 3 is 0.990 bits per heavy atom. The molecule has 0 saturated carbocycles. The van der Waals surface area contributed by atoms with E-state index in [1.807, 2.05) is 41.5 Å². The molecule has 6 bridgehead atoms. The molecule has 3 aromatic carbocycles. The summed E-state index contributed by atoms with van der Waals surface area (Å²) in [6, 6.07) is 2.59. The predicted molar refractivity (Wildman–Crippen MR) is 352 cm³/mol. The molecule has 96 heavy (non-hydrogen) atoms. The molecule has 14 atom stereocenters. The van der Waals surface area contributed by atoms with E-state index in [1.165, 1.54) is 13.8 Å². The van der Waals surface area contributed by atoms with Crippen molar-refractivity contribution in [3.63, 3.8) is 0 Å². The maximum Gasteiger partial charge on any atom is 0.216 e. The van der Waals surface area contributed by atoms with Gasteiger partial charge in [0.1, 0.15) is 17.5 Å². The molecule has 0 spiro atoms. The minimum Gasteiger partial charge on any atom is -0.355 e. The molecule has 0 aromatic heterocycles. The number of nitrogens with zero attached hydrogens (tertiary/aromatic N) is 3. The van der Waals surface area contributed by atoms with Crippen LogP contribution in [-0.4, -0.2) is 159 Å². The molecule has 6 aliphatic heterocycles. The number of benzene rings is 3. The fraction of sp³-hybridized carbons (Fsp3) is 0.692. The van der Waals surface area contributed by atoms with Crippen LogP contribution in [0.15, 0.2) is 36.4 Å². The number of hydrogen-bond donors (Lipinski definition) is 4. The molecule has 542 valence electrons. The maximum atomic E-state index is 14.5. The van der Waals surface area contributed by atoms with Gasteiger partial charge in [-0.25, -0.2) is 64.8 Å². The monoisotopic (exact) mass is 1460 g/mol. The zero-order valence-corrected chi connectivity index (χ0v) is 59.8. The van der Waals surface area contributed by atoms with Gasteiger partial charge in [0.2, 0.25) is 41.9 Å². The zero-order chi connectivity index (χ0) is 71.3. The summed E-state index contributed by atoms with van der Waals surface area (Å²) in [4.78, 5) is 22.1. The lowest BCUT2D eigenvalue weighted by atomic mass is 9.79. The van der Waals surface area contributed by atoms with E-state index < -0.39 is 120 Å². The fourth-order valence-corrected chi connectivity index (χ4v) is 23.0. The van der Waals surface area contributed by atoms with Gasteiger partial charge >= 0.3 is 0 Å². The summed E-state index contributed by atoms with van der Waals surface area (Å²) in [6.45, 7) is 14.0. The minimum absolute atomic E-state index is 0.00985. The molecule has 3 aromatic rings. The molecular weight excluding hydrogens is 1370 g/mol. The van der Waals surface area contributed by atoms with Gasteiger partial charge < -0.3 is 22.1 Å². The van der Waals surface area contributed by atoms with Crippen molar-refractivity contribution < 1.29 is 82.8 Å². The Balaban J connectivity index is 0.000000204. The highest BCUT2D eigenvalue weighted by Gasteiger charge is 2.51. The number of fused-ring (bicyclic) bond motifs is 6. The summed E-state index contributed by atoms with van der Waals surface area (Å²) < 4.78 is 231. The number of sulfonamides is 3. The highest BCUT2D eigenvalue weighted by Crippen LogP contribution is 2.47. The Morgan fingerprint density at radius 2 is 0.719 bits per heavy atom. The third-order valence-electron chi connectivity index (χ3n) is 19.6. The van der Waals surface area contributed by atoms with Crippen molar-refractivity contribution in [1.29, 1.82) is 0 Å². The third-order valence-corrected chi connectivity index (χ3v) is 29.7. The molecule has 6 N–H and O–H groups in total. The van der Waals surface area contributed by atoms with Gasteiger partial charge in [-0.15, -0.1) is 0 Å². The van der Waals surface area contributed by atoms with Crippen LogP contribution in [0.5, 0.6) is 0 Å². The zero-order valence-electron chi connectivity index (χ0n) is 55.7. The summed E-state index contributed by atoms with van der Waals surface area (Å²) >= 11 is 0. The molecule has 9 rings (SSSR count). The molecule has 0 aliphatic carbocycles. The first kappa shape index (κ1) is 79.2. The van der Waals surface area contributed by atoms with Gasteiger partial charge in [0.05, 0.1) is 17.3 Å². The molecule has 0 radical (unpaired) electrons. The second kappa shape index (κ2) is 32.7. The summed E-state index contributed by atoms with van der Waals surface area (Å²) in [5.74, 6) is -10.6. The smallest absolute Gasteiger partial charge is 0.216 e. The van der Waals surface area contributed by atoms with Crippen LogP contribution in [0.3, 0.4) is 0 Å². The number of piperidine rings is 3. The van der Waals surface area contributed by atoms with Crippen molar-refractivity contribution in [3.8, 4) is 0 Å². The van der Waals surface area contributed by atoms with Crippen LogP contribution in [0.25, 0.3) is 0 Å². The summed E-state index contributed by atoms with van der Waals surface area (Å²) in [5, 5.41) is 5.02. The molecule has 31 heteroatoms. The fourth-order valence-electron chi connectivity index (χ4n) is 14.9. The van der Waals surface area contributed by atoms with Gasteiger partial charge in [0, 0.05) is 137 Å². The van der Waals surface area contributed by atoms with E-state index in [4.69, 9.17) is 11.5 Å². The first-order valence-electron chi connectivity index (χ1n) is 32.8. The second-order valence-corrected chi connectivity index (χ2v) is 39.1. The van der Waals surface area contributed by atoms with Crippen molar-refractivity contribution in [2.75, 3.05) is 48.4 Å². The minimum atomic E-state index is -3.58. The van der Waals surface area contributed by atoms with Crippen LogP contribution in [0.4, 0.5) is 39.5 Å². The van der Waals surface area contributed by atoms with E-state index in [1.54, 1.807) is 12.9 Å². The van der Waals surface area contributed by atoms with Crippen molar-refractivity contribution in [1.82, 2.24) is 23.5 Å². The number of carbonyl (C=O) groups is 2. The number of carbonyl (C=O) groups excluding carboxylic acids is 2. The molecule has 17 nitrogen and oxygen atoms in total. The molecule has 6 aliphatic rings. The quantitative estimate of drug-likeness (QED) is 0.0486. The molecule has 3 unspecified atom stereocenters. The number of amides is 2. The van der Waals surface area contributed by atoms with Crippen LogP contribution < -0.4 is 22.1 Å². The third kappa shape index (κ3) is 20.3. The van der Waals surface area contributed by atoms with Crippen molar-refractivity contribution in [3.05, 3.63) is 105 Å². The second-order valence-electron chi connectivity index (χ2n) is 28.7. The lowest BCUT2D eigenvalue weighted by molar-refractivity contribution is -0.119. The highest BCUT2D eigenvalue weighted by atomic mass is 32.2. The van der Waals surface area contributed by atoms with Gasteiger partial charge in [-0.05, 0) is 202 Å². The largest absolute Gasteiger partial charge is 0.355 e. The Bertz CT molecular complexity index is 3620. The Morgan fingerprint density at radius 1 is 0.458 bits per heavy atom. The van der Waals surface area contributed by atoms with E-state index in [2.05, 4.69) is 10.6 Å². The van der Waals surface area contributed by atoms with E-state index in [9.17, 15) is 82.8 Å². The van der Waals surface area contributed by atoms with Gasteiger partial charge in [-0.1, -0.05) is 0 Å². The van der Waals surface area contributed by atoms with Gasteiger partial charge in [-0.3, -0.25) is 18.0 Å². The molecule has 2 amide bonds.